The van der Waals surface area contributed by atoms with Gasteiger partial charge in [-0.05, 0) is 57.8 Å². The topological polar surface area (TPSA) is 131 Å². The van der Waals surface area contributed by atoms with Crippen LogP contribution < -0.4 is 5.32 Å². The third-order valence-electron chi connectivity index (χ3n) is 5.43. The Morgan fingerprint density at radius 3 is 1.95 bits per heavy atom. The zero-order chi connectivity index (χ0) is 30.4. The van der Waals surface area contributed by atoms with E-state index < -0.39 is 26.5 Å². The van der Waals surface area contributed by atoms with Gasteiger partial charge >= 0.3 is 13.8 Å². The van der Waals surface area contributed by atoms with E-state index in [-0.39, 0.29) is 32.1 Å². The Hall–Kier alpha value is -2.29. The minimum atomic E-state index is -4.39. The maximum absolute atomic E-state index is 11.9. The molecule has 41 heavy (non-hydrogen) atoms. The third-order valence-corrected chi connectivity index (χ3v) is 6.42. The van der Waals surface area contributed by atoms with Crippen molar-refractivity contribution in [2.75, 3.05) is 26.4 Å². The quantitative estimate of drug-likeness (QED) is 0.0438. The first-order chi connectivity index (χ1) is 19.8. The third kappa shape index (κ3) is 29.0. The number of hydrogen-bond donors (Lipinski definition) is 3. The predicted octanol–water partition coefficient (Wildman–Crippen LogP) is 6.64. The first-order valence-corrected chi connectivity index (χ1v) is 16.3. The molecule has 2 unspecified atom stereocenters. The molecule has 10 heteroatoms. The van der Waals surface area contributed by atoms with Gasteiger partial charge in [0.2, 0.25) is 5.91 Å². The van der Waals surface area contributed by atoms with Gasteiger partial charge in [0, 0.05) is 19.4 Å². The van der Waals surface area contributed by atoms with Crippen molar-refractivity contribution in [1.29, 1.82) is 0 Å². The largest absolute Gasteiger partial charge is 0.472 e. The van der Waals surface area contributed by atoms with E-state index in [9.17, 15) is 24.2 Å². The van der Waals surface area contributed by atoms with E-state index in [1.165, 1.54) is 0 Å². The van der Waals surface area contributed by atoms with E-state index >= 15 is 0 Å². The maximum Gasteiger partial charge on any atom is 0.472 e. The number of phosphoric acid groups is 1. The van der Waals surface area contributed by atoms with E-state index in [1.807, 2.05) is 6.92 Å². The predicted molar refractivity (Wildman–Crippen MR) is 164 cm³/mol. The van der Waals surface area contributed by atoms with Crippen molar-refractivity contribution < 1.29 is 37.9 Å². The van der Waals surface area contributed by atoms with E-state index in [2.05, 4.69) is 77.5 Å². The van der Waals surface area contributed by atoms with Crippen molar-refractivity contribution in [2.24, 2.45) is 0 Å². The van der Waals surface area contributed by atoms with Crippen LogP contribution in [0.25, 0.3) is 0 Å². The number of rotatable bonds is 26. The first kappa shape index (κ1) is 38.7. The molecule has 0 aromatic carbocycles. The average Bonchev–Trinajstić information content (AvgIpc) is 2.94. The number of hydrogen-bond acceptors (Lipinski definition) is 7. The molecule has 0 heterocycles. The number of amides is 1. The molecule has 0 rings (SSSR count). The number of allylic oxidation sites excluding steroid dienone is 10. The van der Waals surface area contributed by atoms with Crippen molar-refractivity contribution in [3.63, 3.8) is 0 Å². The molecule has 2 atom stereocenters. The molecule has 3 N–H and O–H groups in total. The Labute approximate surface area is 247 Å². The second kappa shape index (κ2) is 27.9. The highest BCUT2D eigenvalue weighted by atomic mass is 31.2. The number of carbonyl (C=O) groups excluding carboxylic acids is 2. The molecule has 0 bridgehead atoms. The van der Waals surface area contributed by atoms with Gasteiger partial charge in [-0.15, -0.1) is 0 Å². The van der Waals surface area contributed by atoms with Gasteiger partial charge in [-0.1, -0.05) is 81.0 Å². The standard InChI is InChI=1S/C31H52NO8P/c1-3-5-6-7-8-9-10-11-12-13-14-15-16-17-18-19-20-21-22-24-30(34)32-25-26-39-41(36,37)40-28-29(33)27-38-31(35)23-4-2/h5-6,8-9,11-12,14-15,17-18,29,33H,3-4,7,10,13,16,19-28H2,1-2H3,(H,32,34)(H,36,37)/b6-5-,9-8-,12-11-,15-14-,18-17-. The Bertz CT molecular complexity index is 866. The molecule has 0 aromatic heterocycles. The molecule has 0 saturated heterocycles. The van der Waals surface area contributed by atoms with Crippen molar-refractivity contribution in [1.82, 2.24) is 5.32 Å². The highest BCUT2D eigenvalue weighted by Gasteiger charge is 2.23. The summed E-state index contributed by atoms with van der Waals surface area (Å²) in [6.07, 6.45) is 30.4. The molecule has 0 aliphatic carbocycles. The van der Waals surface area contributed by atoms with Crippen LogP contribution in [0.5, 0.6) is 0 Å². The van der Waals surface area contributed by atoms with Crippen LogP contribution in [0.2, 0.25) is 0 Å². The Kier molecular flexibility index (Phi) is 26.3. The van der Waals surface area contributed by atoms with E-state index in [4.69, 9.17) is 9.26 Å². The number of ether oxygens (including phenoxy) is 1. The van der Waals surface area contributed by atoms with E-state index in [0.717, 1.165) is 57.8 Å². The first-order valence-electron chi connectivity index (χ1n) is 14.8. The minimum Gasteiger partial charge on any atom is -0.463 e. The minimum absolute atomic E-state index is 0.0595. The summed E-state index contributed by atoms with van der Waals surface area (Å²) in [6, 6.07) is 0. The maximum atomic E-state index is 11.9. The van der Waals surface area contributed by atoms with Gasteiger partial charge in [-0.25, -0.2) is 4.57 Å². The smallest absolute Gasteiger partial charge is 0.463 e. The molecule has 0 spiro atoms. The van der Waals surface area contributed by atoms with Gasteiger partial charge in [-0.3, -0.25) is 18.6 Å². The molecule has 1 amide bonds. The van der Waals surface area contributed by atoms with Crippen LogP contribution in [0, 0.1) is 0 Å². The zero-order valence-corrected chi connectivity index (χ0v) is 25.9. The van der Waals surface area contributed by atoms with Gasteiger partial charge in [0.1, 0.15) is 12.7 Å². The Morgan fingerprint density at radius 1 is 0.780 bits per heavy atom. The lowest BCUT2D eigenvalue weighted by Gasteiger charge is -2.15. The van der Waals surface area contributed by atoms with Gasteiger partial charge < -0.3 is 20.1 Å². The van der Waals surface area contributed by atoms with Crippen molar-refractivity contribution in [3.05, 3.63) is 60.8 Å². The molecular weight excluding hydrogens is 545 g/mol. The summed E-state index contributed by atoms with van der Waals surface area (Å²) in [5.74, 6) is -0.613. The number of phosphoric ester groups is 1. The summed E-state index contributed by atoms with van der Waals surface area (Å²) in [6.45, 7) is 2.93. The highest BCUT2D eigenvalue weighted by molar-refractivity contribution is 7.47. The fourth-order valence-corrected chi connectivity index (χ4v) is 4.02. The van der Waals surface area contributed by atoms with Gasteiger partial charge in [-0.2, -0.15) is 0 Å². The van der Waals surface area contributed by atoms with Gasteiger partial charge in [0.15, 0.2) is 0 Å². The molecule has 0 radical (unpaired) electrons. The number of unbranched alkanes of at least 4 members (excludes halogenated alkanes) is 3. The van der Waals surface area contributed by atoms with Gasteiger partial charge in [0.25, 0.3) is 0 Å². The lowest BCUT2D eigenvalue weighted by atomic mass is 10.1. The van der Waals surface area contributed by atoms with Gasteiger partial charge in [0.05, 0.1) is 13.2 Å². The van der Waals surface area contributed by atoms with E-state index in [0.29, 0.717) is 12.8 Å². The number of carbonyl (C=O) groups is 2. The molecule has 0 fully saturated rings. The van der Waals surface area contributed by atoms with Crippen LogP contribution in [0.15, 0.2) is 60.8 Å². The zero-order valence-electron chi connectivity index (χ0n) is 25.0. The Morgan fingerprint density at radius 2 is 1.37 bits per heavy atom. The highest BCUT2D eigenvalue weighted by Crippen LogP contribution is 2.42. The summed E-state index contributed by atoms with van der Waals surface area (Å²) in [5, 5.41) is 12.3. The monoisotopic (exact) mass is 597 g/mol. The van der Waals surface area contributed by atoms with Crippen molar-refractivity contribution in [2.45, 2.75) is 97.0 Å². The van der Waals surface area contributed by atoms with Crippen LogP contribution in [0.1, 0.15) is 90.9 Å². The SMILES string of the molecule is CC/C=C\C/C=C\C/C=C\C/C=C\C/C=C\CCCCCC(=O)NCCOP(=O)(O)OCC(O)COC(=O)CCC. The number of aliphatic hydroxyl groups is 1. The summed E-state index contributed by atoms with van der Waals surface area (Å²) >= 11 is 0. The lowest BCUT2D eigenvalue weighted by Crippen LogP contribution is -2.27. The summed E-state index contributed by atoms with van der Waals surface area (Å²) in [4.78, 5) is 32.8. The number of nitrogens with one attached hydrogen (secondary N) is 1. The molecule has 9 nitrogen and oxygen atoms in total. The van der Waals surface area contributed by atoms with Crippen LogP contribution in [0.4, 0.5) is 0 Å². The summed E-state index contributed by atoms with van der Waals surface area (Å²) < 4.78 is 26.1. The fourth-order valence-electron chi connectivity index (χ4n) is 3.26. The molecule has 0 aliphatic heterocycles. The number of aliphatic hydroxyl groups excluding tert-OH is 1. The lowest BCUT2D eigenvalue weighted by molar-refractivity contribution is -0.147. The van der Waals surface area contributed by atoms with Crippen LogP contribution in [0.3, 0.4) is 0 Å². The average molecular weight is 598 g/mol. The second-order valence-electron chi connectivity index (χ2n) is 9.34. The fraction of sp³-hybridized carbons (Fsp3) is 0.613. The number of esters is 1. The van der Waals surface area contributed by atoms with Crippen LogP contribution in [-0.2, 0) is 27.9 Å². The molecule has 0 saturated carbocycles. The summed E-state index contributed by atoms with van der Waals surface area (Å²) in [5.41, 5.74) is 0. The normalized spacial score (nSPS) is 14.5. The Balaban J connectivity index is 3.69. The molecule has 0 aromatic rings. The summed E-state index contributed by atoms with van der Waals surface area (Å²) in [7, 11) is -4.39. The van der Waals surface area contributed by atoms with Crippen LogP contribution in [-0.4, -0.2) is 54.3 Å². The second-order valence-corrected chi connectivity index (χ2v) is 10.8. The molecule has 0 aliphatic rings. The molecule has 234 valence electrons. The van der Waals surface area contributed by atoms with E-state index in [1.54, 1.807) is 0 Å². The van der Waals surface area contributed by atoms with Crippen molar-refractivity contribution in [3.8, 4) is 0 Å². The van der Waals surface area contributed by atoms with Crippen LogP contribution >= 0.6 is 7.82 Å². The van der Waals surface area contributed by atoms with Crippen molar-refractivity contribution >= 4 is 19.7 Å². The molecular formula is C31H52NO8P.